The van der Waals surface area contributed by atoms with Gasteiger partial charge in [-0.05, 0) is 23.8 Å². The Kier molecular flexibility index (Phi) is 9.16. The fraction of sp³-hybridized carbons (Fsp3) is 0.579. The van der Waals surface area contributed by atoms with Crippen LogP contribution >= 0.6 is 12.4 Å². The zero-order chi connectivity index (χ0) is 18.5. The summed E-state index contributed by atoms with van der Waals surface area (Å²) < 4.78 is 0. The molecule has 1 aromatic carbocycles. The van der Waals surface area contributed by atoms with Gasteiger partial charge in [0.25, 0.3) is 0 Å². The minimum Gasteiger partial charge on any atom is -0.347 e. The molecule has 0 bridgehead atoms. The van der Waals surface area contributed by atoms with Crippen LogP contribution in [0.15, 0.2) is 24.3 Å². The van der Waals surface area contributed by atoms with E-state index in [9.17, 15) is 9.59 Å². The molecule has 0 aliphatic rings. The van der Waals surface area contributed by atoms with E-state index in [0.717, 1.165) is 11.1 Å². The van der Waals surface area contributed by atoms with Crippen molar-refractivity contribution in [2.45, 2.75) is 53.6 Å². The first kappa shape index (κ1) is 23.4. The highest BCUT2D eigenvalue weighted by Crippen LogP contribution is 2.32. The third kappa shape index (κ3) is 7.45. The molecule has 25 heavy (non-hydrogen) atoms. The number of rotatable bonds is 6. The summed E-state index contributed by atoms with van der Waals surface area (Å²) in [7, 11) is 0. The molecule has 1 unspecified atom stereocenters. The Morgan fingerprint density at radius 1 is 1.20 bits per heavy atom. The topological polar surface area (TPSA) is 84.2 Å². The Morgan fingerprint density at radius 3 is 2.28 bits per heavy atom. The second-order valence-corrected chi connectivity index (χ2v) is 7.77. The molecule has 2 atom stereocenters. The molecule has 0 radical (unpaired) electrons. The van der Waals surface area contributed by atoms with E-state index in [0.29, 0.717) is 0 Å². The van der Waals surface area contributed by atoms with E-state index in [-0.39, 0.29) is 48.1 Å². The van der Waals surface area contributed by atoms with Crippen LogP contribution in [0.1, 0.15) is 51.8 Å². The van der Waals surface area contributed by atoms with E-state index >= 15 is 0 Å². The normalized spacial score (nSPS) is 13.6. The highest BCUT2D eigenvalue weighted by Gasteiger charge is 2.28. The molecule has 0 fully saturated rings. The van der Waals surface area contributed by atoms with Gasteiger partial charge in [0, 0.05) is 0 Å². The van der Waals surface area contributed by atoms with Gasteiger partial charge in [-0.3, -0.25) is 9.59 Å². The number of nitrogens with two attached hydrogens (primary N) is 1. The number of amides is 2. The Bertz CT molecular complexity index is 582. The van der Waals surface area contributed by atoms with E-state index in [1.165, 1.54) is 0 Å². The second kappa shape index (κ2) is 9.78. The summed E-state index contributed by atoms with van der Waals surface area (Å²) in [5.74, 6) is -0.494. The van der Waals surface area contributed by atoms with E-state index < -0.39 is 6.04 Å². The molecule has 4 N–H and O–H groups in total. The van der Waals surface area contributed by atoms with Crippen molar-refractivity contribution in [3.8, 4) is 0 Å². The minimum absolute atomic E-state index is 0. The second-order valence-electron chi connectivity index (χ2n) is 7.77. The quantitative estimate of drug-likeness (QED) is 0.720. The number of hydrogen-bond donors (Lipinski definition) is 3. The Labute approximate surface area is 157 Å². The van der Waals surface area contributed by atoms with E-state index in [2.05, 4.69) is 37.5 Å². The summed E-state index contributed by atoms with van der Waals surface area (Å²) >= 11 is 0. The predicted octanol–water partition coefficient (Wildman–Crippen LogP) is 2.72. The lowest BCUT2D eigenvalue weighted by atomic mass is 9.82. The maximum absolute atomic E-state index is 12.3. The van der Waals surface area contributed by atoms with Crippen LogP contribution in [0.3, 0.4) is 0 Å². The number of hydrogen-bond acceptors (Lipinski definition) is 3. The average Bonchev–Trinajstić information content (AvgIpc) is 2.48. The molecule has 0 aliphatic heterocycles. The van der Waals surface area contributed by atoms with E-state index in [4.69, 9.17) is 5.73 Å². The molecule has 142 valence electrons. The van der Waals surface area contributed by atoms with Crippen LogP contribution in [-0.4, -0.2) is 24.4 Å². The zero-order valence-corrected chi connectivity index (χ0v) is 16.9. The van der Waals surface area contributed by atoms with Crippen molar-refractivity contribution >= 4 is 24.2 Å². The first-order valence-corrected chi connectivity index (χ1v) is 8.41. The lowest BCUT2D eigenvalue weighted by molar-refractivity contribution is -0.128. The molecule has 0 spiro atoms. The fourth-order valence-electron chi connectivity index (χ4n) is 2.45. The highest BCUT2D eigenvalue weighted by atomic mass is 35.5. The largest absolute Gasteiger partial charge is 0.347 e. The molecule has 0 saturated heterocycles. The molecule has 1 rings (SSSR count). The van der Waals surface area contributed by atoms with Crippen molar-refractivity contribution in [3.05, 3.63) is 35.4 Å². The van der Waals surface area contributed by atoms with Crippen molar-refractivity contribution in [1.82, 2.24) is 10.6 Å². The Hall–Kier alpha value is -1.59. The molecular formula is C19H32ClN3O2. The van der Waals surface area contributed by atoms with Crippen LogP contribution < -0.4 is 16.4 Å². The number of aryl methyl sites for hydroxylation is 1. The maximum Gasteiger partial charge on any atom is 0.239 e. The smallest absolute Gasteiger partial charge is 0.239 e. The summed E-state index contributed by atoms with van der Waals surface area (Å²) in [6.07, 6.45) is 0. The first-order valence-electron chi connectivity index (χ1n) is 8.41. The van der Waals surface area contributed by atoms with Crippen LogP contribution in [0.2, 0.25) is 0 Å². The Morgan fingerprint density at radius 2 is 1.80 bits per heavy atom. The number of nitrogens with one attached hydrogen (secondary N) is 2. The SMILES string of the molecule is Cc1cccc(C(NC(=O)CNC(=O)[C@@H](N)C(C)C)C(C)(C)C)c1.Cl. The van der Waals surface area contributed by atoms with Crippen LogP contribution in [0.5, 0.6) is 0 Å². The number of carbonyl (C=O) groups excluding carboxylic acids is 2. The first-order chi connectivity index (χ1) is 11.0. The maximum atomic E-state index is 12.3. The lowest BCUT2D eigenvalue weighted by Crippen LogP contribution is -2.48. The molecule has 2 amide bonds. The van der Waals surface area contributed by atoms with Crippen molar-refractivity contribution in [2.24, 2.45) is 17.1 Å². The van der Waals surface area contributed by atoms with Gasteiger partial charge in [0.1, 0.15) is 0 Å². The minimum atomic E-state index is -0.604. The van der Waals surface area contributed by atoms with E-state index in [1.807, 2.05) is 39.0 Å². The van der Waals surface area contributed by atoms with Gasteiger partial charge in [0.15, 0.2) is 0 Å². The molecule has 6 heteroatoms. The van der Waals surface area contributed by atoms with Gasteiger partial charge >= 0.3 is 0 Å². The summed E-state index contributed by atoms with van der Waals surface area (Å²) in [4.78, 5) is 24.2. The van der Waals surface area contributed by atoms with E-state index in [1.54, 1.807) is 0 Å². The van der Waals surface area contributed by atoms with Gasteiger partial charge in [-0.25, -0.2) is 0 Å². The summed E-state index contributed by atoms with van der Waals surface area (Å²) in [6, 6.07) is 7.35. The summed E-state index contributed by atoms with van der Waals surface area (Å²) in [6.45, 7) is 11.9. The third-order valence-corrected chi connectivity index (χ3v) is 3.99. The average molecular weight is 370 g/mol. The van der Waals surface area contributed by atoms with Gasteiger partial charge in [-0.15, -0.1) is 12.4 Å². The number of benzene rings is 1. The van der Waals surface area contributed by atoms with Crippen molar-refractivity contribution < 1.29 is 9.59 Å². The van der Waals surface area contributed by atoms with Crippen LogP contribution in [0, 0.1) is 18.3 Å². The van der Waals surface area contributed by atoms with Gasteiger partial charge in [0.05, 0.1) is 18.6 Å². The number of carbonyl (C=O) groups is 2. The van der Waals surface area contributed by atoms with Gasteiger partial charge < -0.3 is 16.4 Å². The highest BCUT2D eigenvalue weighted by molar-refractivity contribution is 5.87. The molecular weight excluding hydrogens is 338 g/mol. The fourth-order valence-corrected chi connectivity index (χ4v) is 2.45. The molecule has 0 saturated carbocycles. The molecule has 0 heterocycles. The van der Waals surface area contributed by atoms with Crippen LogP contribution in [0.4, 0.5) is 0 Å². The molecule has 0 aliphatic carbocycles. The zero-order valence-electron chi connectivity index (χ0n) is 16.1. The van der Waals surface area contributed by atoms with Crippen molar-refractivity contribution in [2.75, 3.05) is 6.54 Å². The standard InChI is InChI=1S/C19H31N3O2.ClH/c1-12(2)16(20)18(24)21-11-15(23)22-17(19(4,5)6)14-9-7-8-13(3)10-14;/h7-10,12,16-17H,11,20H2,1-6H3,(H,21,24)(H,22,23);1H/t16-,17?;/m0./s1. The summed E-state index contributed by atoms with van der Waals surface area (Å²) in [5, 5.41) is 5.64. The van der Waals surface area contributed by atoms with Crippen molar-refractivity contribution in [1.29, 1.82) is 0 Å². The third-order valence-electron chi connectivity index (χ3n) is 3.99. The van der Waals surface area contributed by atoms with Gasteiger partial charge in [-0.2, -0.15) is 0 Å². The van der Waals surface area contributed by atoms with Gasteiger partial charge in [0.2, 0.25) is 11.8 Å². The molecule has 1 aromatic rings. The summed E-state index contributed by atoms with van der Waals surface area (Å²) in [5.41, 5.74) is 7.83. The Balaban J connectivity index is 0.00000576. The molecule has 5 nitrogen and oxygen atoms in total. The van der Waals surface area contributed by atoms with Crippen molar-refractivity contribution in [3.63, 3.8) is 0 Å². The molecule has 0 aromatic heterocycles. The number of halogens is 1. The van der Waals surface area contributed by atoms with Crippen LogP contribution in [-0.2, 0) is 9.59 Å². The lowest BCUT2D eigenvalue weighted by Gasteiger charge is -2.32. The van der Waals surface area contributed by atoms with Crippen LogP contribution in [0.25, 0.3) is 0 Å². The monoisotopic (exact) mass is 369 g/mol. The van der Waals surface area contributed by atoms with Gasteiger partial charge in [-0.1, -0.05) is 64.4 Å². The predicted molar refractivity (Wildman–Crippen MR) is 105 cm³/mol.